The van der Waals surface area contributed by atoms with Crippen LogP contribution < -0.4 is 4.74 Å². The van der Waals surface area contributed by atoms with Crippen LogP contribution in [-0.4, -0.2) is 25.7 Å². The predicted molar refractivity (Wildman–Crippen MR) is 91.3 cm³/mol. The monoisotopic (exact) mass is 383 g/mol. The highest BCUT2D eigenvalue weighted by Gasteiger charge is 2.21. The first-order valence-corrected chi connectivity index (χ1v) is 9.06. The topological polar surface area (TPSA) is 87.4 Å². The summed E-state index contributed by atoms with van der Waals surface area (Å²) in [4.78, 5) is -0.290. The molecule has 0 saturated carbocycles. The normalized spacial score (nSPS) is 12.4. The van der Waals surface area contributed by atoms with Crippen LogP contribution in [0, 0.1) is 18.3 Å². The van der Waals surface area contributed by atoms with E-state index in [1.54, 1.807) is 6.07 Å². The Labute approximate surface area is 150 Å². The fourth-order valence-electron chi connectivity index (χ4n) is 2.44. The minimum absolute atomic E-state index is 0.162. The van der Waals surface area contributed by atoms with Gasteiger partial charge in [-0.15, -0.1) is 0 Å². The van der Waals surface area contributed by atoms with Crippen molar-refractivity contribution in [3.63, 3.8) is 0 Å². The molecule has 8 heteroatoms. The fourth-order valence-corrected chi connectivity index (χ4v) is 3.57. The number of rotatable bonds is 6. The summed E-state index contributed by atoms with van der Waals surface area (Å²) >= 11 is 5.78. The molecule has 0 aliphatic rings. The van der Waals surface area contributed by atoms with Gasteiger partial charge < -0.3 is 4.74 Å². The van der Waals surface area contributed by atoms with Crippen molar-refractivity contribution in [2.45, 2.75) is 24.4 Å². The van der Waals surface area contributed by atoms with Crippen molar-refractivity contribution in [1.29, 1.82) is 5.26 Å². The molecule has 2 rings (SSSR count). The molecule has 2 aromatic carbocycles. The van der Waals surface area contributed by atoms with E-state index in [1.807, 2.05) is 6.07 Å². The number of aryl methyl sites for hydroxylation is 1. The largest absolute Gasteiger partial charge is 0.489 e. The molecule has 0 saturated heterocycles. The van der Waals surface area contributed by atoms with Crippen molar-refractivity contribution in [2.75, 3.05) is 6.61 Å². The SMILES string of the molecule is Cc1cccc(CC(F)COc2ccc(Cl)cc2C#N)c1S(=O)(=O)O. The van der Waals surface area contributed by atoms with E-state index in [-0.39, 0.29) is 34.8 Å². The van der Waals surface area contributed by atoms with Crippen LogP contribution in [0.5, 0.6) is 5.75 Å². The van der Waals surface area contributed by atoms with Gasteiger partial charge in [-0.25, -0.2) is 4.39 Å². The Morgan fingerprint density at radius 1 is 1.36 bits per heavy atom. The molecule has 1 N–H and O–H groups in total. The van der Waals surface area contributed by atoms with Crippen molar-refractivity contribution >= 4 is 21.7 Å². The summed E-state index contributed by atoms with van der Waals surface area (Å²) in [5, 5.41) is 9.38. The van der Waals surface area contributed by atoms with Crippen LogP contribution in [0.4, 0.5) is 4.39 Å². The summed E-state index contributed by atoms with van der Waals surface area (Å²) in [6, 6.07) is 10.8. The number of nitriles is 1. The summed E-state index contributed by atoms with van der Waals surface area (Å²) in [5.74, 6) is 0.189. The highest BCUT2D eigenvalue weighted by atomic mass is 35.5. The van der Waals surface area contributed by atoms with E-state index < -0.39 is 16.3 Å². The van der Waals surface area contributed by atoms with Crippen molar-refractivity contribution < 1.29 is 22.1 Å². The van der Waals surface area contributed by atoms with Gasteiger partial charge in [0.15, 0.2) is 0 Å². The first-order valence-electron chi connectivity index (χ1n) is 7.25. The van der Waals surface area contributed by atoms with E-state index in [4.69, 9.17) is 21.6 Å². The second kappa shape index (κ2) is 7.83. The molecule has 0 amide bonds. The molecule has 2 aromatic rings. The summed E-state index contributed by atoms with van der Waals surface area (Å²) < 4.78 is 51.9. The Balaban J connectivity index is 2.14. The minimum Gasteiger partial charge on any atom is -0.489 e. The second-order valence-corrected chi connectivity index (χ2v) is 7.20. The summed E-state index contributed by atoms with van der Waals surface area (Å²) in [5.41, 5.74) is 0.668. The van der Waals surface area contributed by atoms with Crippen LogP contribution in [0.25, 0.3) is 0 Å². The molecular formula is C17H15ClFNO4S. The predicted octanol–water partition coefficient (Wildman–Crippen LogP) is 3.73. The van der Waals surface area contributed by atoms with Crippen molar-refractivity contribution in [3.05, 3.63) is 58.1 Å². The van der Waals surface area contributed by atoms with E-state index in [2.05, 4.69) is 0 Å². The Bertz CT molecular complexity index is 925. The standard InChI is InChI=1S/C17H15ClFNO4S/c1-11-3-2-4-12(17(11)25(21,22)23)8-15(19)10-24-16-6-5-14(18)7-13(16)9-20/h2-7,15H,8,10H2,1H3,(H,21,22,23). The van der Waals surface area contributed by atoms with Crippen LogP contribution in [-0.2, 0) is 16.5 Å². The van der Waals surface area contributed by atoms with Gasteiger partial charge in [0.25, 0.3) is 10.1 Å². The lowest BCUT2D eigenvalue weighted by atomic mass is 10.1. The number of ether oxygens (including phenoxy) is 1. The van der Waals surface area contributed by atoms with E-state index in [9.17, 15) is 17.4 Å². The van der Waals surface area contributed by atoms with Crippen molar-refractivity contribution in [3.8, 4) is 11.8 Å². The molecule has 0 aliphatic heterocycles. The van der Waals surface area contributed by atoms with E-state index in [1.165, 1.54) is 37.3 Å². The fraction of sp³-hybridized carbons (Fsp3) is 0.235. The zero-order valence-electron chi connectivity index (χ0n) is 13.2. The van der Waals surface area contributed by atoms with Gasteiger partial charge >= 0.3 is 0 Å². The molecule has 0 radical (unpaired) electrons. The highest BCUT2D eigenvalue weighted by molar-refractivity contribution is 7.86. The van der Waals surface area contributed by atoms with Crippen LogP contribution in [0.2, 0.25) is 5.02 Å². The molecule has 0 aliphatic carbocycles. The average molecular weight is 384 g/mol. The lowest BCUT2D eigenvalue weighted by molar-refractivity contribution is 0.194. The van der Waals surface area contributed by atoms with Crippen LogP contribution in [0.1, 0.15) is 16.7 Å². The zero-order valence-corrected chi connectivity index (χ0v) is 14.8. The molecular weight excluding hydrogens is 369 g/mol. The molecule has 1 atom stereocenters. The quantitative estimate of drug-likeness (QED) is 0.768. The number of benzene rings is 2. The Morgan fingerprint density at radius 3 is 2.72 bits per heavy atom. The lowest BCUT2D eigenvalue weighted by Gasteiger charge is -2.14. The third-order valence-corrected chi connectivity index (χ3v) is 4.81. The zero-order chi connectivity index (χ0) is 18.6. The third kappa shape index (κ3) is 4.92. The van der Waals surface area contributed by atoms with Crippen LogP contribution in [0.15, 0.2) is 41.3 Å². The summed E-state index contributed by atoms with van der Waals surface area (Å²) in [6.45, 7) is 1.14. The maximum Gasteiger partial charge on any atom is 0.295 e. The lowest BCUT2D eigenvalue weighted by Crippen LogP contribution is -2.18. The van der Waals surface area contributed by atoms with E-state index in [0.29, 0.717) is 10.6 Å². The van der Waals surface area contributed by atoms with Gasteiger partial charge in [-0.3, -0.25) is 4.55 Å². The van der Waals surface area contributed by atoms with Crippen molar-refractivity contribution in [2.24, 2.45) is 0 Å². The summed E-state index contributed by atoms with van der Waals surface area (Å²) in [7, 11) is -4.46. The highest BCUT2D eigenvalue weighted by Crippen LogP contribution is 2.24. The van der Waals surface area contributed by atoms with Gasteiger partial charge in [0.05, 0.1) is 5.56 Å². The van der Waals surface area contributed by atoms with Crippen LogP contribution in [0.3, 0.4) is 0 Å². The maximum absolute atomic E-state index is 14.3. The van der Waals surface area contributed by atoms with E-state index >= 15 is 0 Å². The maximum atomic E-state index is 14.3. The average Bonchev–Trinajstić information content (AvgIpc) is 2.52. The number of alkyl halides is 1. The number of halogens is 2. The minimum atomic E-state index is -4.46. The molecule has 25 heavy (non-hydrogen) atoms. The third-order valence-electron chi connectivity index (χ3n) is 3.47. The van der Waals surface area contributed by atoms with Crippen LogP contribution >= 0.6 is 11.6 Å². The molecule has 0 heterocycles. The molecule has 0 aromatic heterocycles. The van der Waals surface area contributed by atoms with Gasteiger partial charge in [-0.2, -0.15) is 13.7 Å². The Morgan fingerprint density at radius 2 is 2.08 bits per heavy atom. The first-order chi connectivity index (χ1) is 11.7. The number of hydrogen-bond donors (Lipinski definition) is 1. The first kappa shape index (κ1) is 19.2. The Hall–Kier alpha value is -2.14. The van der Waals surface area contributed by atoms with E-state index in [0.717, 1.165) is 0 Å². The second-order valence-electron chi connectivity index (χ2n) is 5.40. The molecule has 132 valence electrons. The smallest absolute Gasteiger partial charge is 0.295 e. The van der Waals surface area contributed by atoms with Gasteiger partial charge in [0.1, 0.15) is 29.5 Å². The van der Waals surface area contributed by atoms with Gasteiger partial charge in [-0.1, -0.05) is 29.8 Å². The van der Waals surface area contributed by atoms with Gasteiger partial charge in [0, 0.05) is 11.4 Å². The molecule has 0 fully saturated rings. The molecule has 0 bridgehead atoms. The van der Waals surface area contributed by atoms with Gasteiger partial charge in [-0.05, 0) is 36.2 Å². The number of nitrogens with zero attached hydrogens (tertiary/aromatic N) is 1. The molecule has 0 spiro atoms. The molecule has 5 nitrogen and oxygen atoms in total. The summed E-state index contributed by atoms with van der Waals surface area (Å²) in [6.07, 6.45) is -1.80. The van der Waals surface area contributed by atoms with Gasteiger partial charge in [0.2, 0.25) is 0 Å². The Kier molecular flexibility index (Phi) is 6.01. The molecule has 1 unspecified atom stereocenters. The number of hydrogen-bond acceptors (Lipinski definition) is 4. The van der Waals surface area contributed by atoms with Crippen molar-refractivity contribution in [1.82, 2.24) is 0 Å².